The fraction of sp³-hybridized carbons (Fsp3) is 0. The van der Waals surface area contributed by atoms with Crippen LogP contribution in [0, 0.1) is 0 Å². The van der Waals surface area contributed by atoms with Crippen LogP contribution in [0.1, 0.15) is 0 Å². The van der Waals surface area contributed by atoms with Crippen molar-refractivity contribution in [1.82, 2.24) is 9.55 Å². The molecule has 1 aromatic heterocycles. The summed E-state index contributed by atoms with van der Waals surface area (Å²) >= 11 is 3.61. The average molecular weight is 602 g/mol. The second-order valence-corrected chi connectivity index (χ2v) is 11.4. The minimum Gasteiger partial charge on any atom is -0.292 e. The molecule has 0 aliphatic rings. The zero-order valence-corrected chi connectivity index (χ0v) is 24.3. The van der Waals surface area contributed by atoms with Gasteiger partial charge in [0.25, 0.3) is 0 Å². The monoisotopic (exact) mass is 600 g/mol. The van der Waals surface area contributed by atoms with E-state index in [1.54, 1.807) is 0 Å². The predicted octanol–water partition coefficient (Wildman–Crippen LogP) is 11.1. The molecule has 42 heavy (non-hydrogen) atoms. The van der Waals surface area contributed by atoms with Gasteiger partial charge in [0, 0.05) is 15.7 Å². The zero-order valence-electron chi connectivity index (χ0n) is 22.7. The van der Waals surface area contributed by atoms with Crippen molar-refractivity contribution in [2.24, 2.45) is 0 Å². The lowest BCUT2D eigenvalue weighted by atomic mass is 9.86. The van der Waals surface area contributed by atoms with Gasteiger partial charge in [-0.05, 0) is 86.3 Å². The number of benzene rings is 7. The number of fused-ring (bicyclic) bond motifs is 3. The van der Waals surface area contributed by atoms with Crippen molar-refractivity contribution >= 4 is 48.5 Å². The van der Waals surface area contributed by atoms with Crippen molar-refractivity contribution in [2.45, 2.75) is 0 Å². The van der Waals surface area contributed by atoms with Gasteiger partial charge in [-0.3, -0.25) is 4.57 Å². The van der Waals surface area contributed by atoms with E-state index >= 15 is 0 Å². The molecule has 1 heterocycles. The molecule has 3 heteroatoms. The molecule has 198 valence electrons. The molecule has 0 saturated heterocycles. The fourth-order valence-electron chi connectivity index (χ4n) is 6.24. The third-order valence-corrected chi connectivity index (χ3v) is 8.58. The Morgan fingerprint density at radius 3 is 1.67 bits per heavy atom. The van der Waals surface area contributed by atoms with Gasteiger partial charge >= 0.3 is 0 Å². The summed E-state index contributed by atoms with van der Waals surface area (Å²) < 4.78 is 3.34. The summed E-state index contributed by atoms with van der Waals surface area (Å²) in [5.41, 5.74) is 9.15. The van der Waals surface area contributed by atoms with Gasteiger partial charge in [-0.2, -0.15) is 0 Å². The maximum absolute atomic E-state index is 5.14. The SMILES string of the molecule is Brc1ccc(-c2c3ccccc3c(-c3cccc(-c4nc5ccccc5n4-c4ccccc4)c3)c3ccccc23)cc1. The molecule has 0 aliphatic carbocycles. The summed E-state index contributed by atoms with van der Waals surface area (Å²) in [7, 11) is 0. The number of hydrogen-bond donors (Lipinski definition) is 0. The Morgan fingerprint density at radius 2 is 1.00 bits per heavy atom. The number of nitrogens with zero attached hydrogens (tertiary/aromatic N) is 2. The Balaban J connectivity index is 1.41. The van der Waals surface area contributed by atoms with Crippen LogP contribution in [0.3, 0.4) is 0 Å². The van der Waals surface area contributed by atoms with Crippen molar-refractivity contribution in [2.75, 3.05) is 0 Å². The smallest absolute Gasteiger partial charge is 0.145 e. The quantitative estimate of drug-likeness (QED) is 0.184. The first-order valence-corrected chi connectivity index (χ1v) is 14.9. The Labute approximate surface area is 252 Å². The van der Waals surface area contributed by atoms with Gasteiger partial charge in [-0.25, -0.2) is 4.98 Å². The first-order chi connectivity index (χ1) is 20.8. The minimum atomic E-state index is 0.935. The lowest BCUT2D eigenvalue weighted by Crippen LogP contribution is -1.97. The van der Waals surface area contributed by atoms with Crippen molar-refractivity contribution in [3.63, 3.8) is 0 Å². The second kappa shape index (κ2) is 10.1. The van der Waals surface area contributed by atoms with Crippen LogP contribution in [-0.2, 0) is 0 Å². The number of halogens is 1. The van der Waals surface area contributed by atoms with Crippen LogP contribution in [0.15, 0.2) is 156 Å². The summed E-state index contributed by atoms with van der Waals surface area (Å²) in [6, 6.07) is 53.9. The van der Waals surface area contributed by atoms with Gasteiger partial charge in [0.05, 0.1) is 11.0 Å². The summed E-state index contributed by atoms with van der Waals surface area (Å²) in [5.74, 6) is 0.935. The first-order valence-electron chi connectivity index (χ1n) is 14.1. The van der Waals surface area contributed by atoms with E-state index in [1.165, 1.54) is 43.8 Å². The lowest BCUT2D eigenvalue weighted by Gasteiger charge is -2.18. The number of imidazole rings is 1. The van der Waals surface area contributed by atoms with Gasteiger partial charge in [-0.1, -0.05) is 125 Å². The molecule has 0 N–H and O–H groups in total. The van der Waals surface area contributed by atoms with Crippen molar-refractivity contribution in [3.05, 3.63) is 156 Å². The van der Waals surface area contributed by atoms with Gasteiger partial charge in [0.15, 0.2) is 0 Å². The molecule has 0 radical (unpaired) electrons. The van der Waals surface area contributed by atoms with E-state index in [-0.39, 0.29) is 0 Å². The van der Waals surface area contributed by atoms with E-state index in [9.17, 15) is 0 Å². The summed E-state index contributed by atoms with van der Waals surface area (Å²) in [4.78, 5) is 5.14. The molecule has 0 aliphatic heterocycles. The lowest BCUT2D eigenvalue weighted by molar-refractivity contribution is 1.10. The van der Waals surface area contributed by atoms with Crippen molar-refractivity contribution < 1.29 is 0 Å². The number of para-hydroxylation sites is 3. The average Bonchev–Trinajstić information content (AvgIpc) is 3.44. The zero-order chi connectivity index (χ0) is 28.0. The standard InChI is InChI=1S/C39H25BrN2/c40-29-23-21-26(22-24-29)37-31-15-4-6-17-33(31)38(34-18-7-5-16-32(34)37)27-11-10-12-28(25-27)39-41-35-19-8-9-20-36(35)42(39)30-13-2-1-3-14-30/h1-25H. The number of aromatic nitrogens is 2. The largest absolute Gasteiger partial charge is 0.292 e. The Kier molecular flexibility index (Phi) is 5.98. The maximum atomic E-state index is 5.14. The highest BCUT2D eigenvalue weighted by Crippen LogP contribution is 2.44. The molecule has 0 unspecified atom stereocenters. The Morgan fingerprint density at radius 1 is 0.452 bits per heavy atom. The van der Waals surface area contributed by atoms with Crippen molar-refractivity contribution in [1.29, 1.82) is 0 Å². The number of hydrogen-bond acceptors (Lipinski definition) is 1. The van der Waals surface area contributed by atoms with E-state index < -0.39 is 0 Å². The van der Waals surface area contributed by atoms with E-state index in [0.29, 0.717) is 0 Å². The molecular formula is C39H25BrN2. The molecule has 2 nitrogen and oxygen atoms in total. The molecule has 0 atom stereocenters. The first kappa shape index (κ1) is 24.8. The molecule has 0 amide bonds. The highest BCUT2D eigenvalue weighted by atomic mass is 79.9. The van der Waals surface area contributed by atoms with Crippen molar-refractivity contribution in [3.8, 4) is 39.3 Å². The highest BCUT2D eigenvalue weighted by molar-refractivity contribution is 9.10. The third kappa shape index (κ3) is 4.05. The van der Waals surface area contributed by atoms with Crippen LogP contribution >= 0.6 is 15.9 Å². The van der Waals surface area contributed by atoms with Gasteiger partial charge in [-0.15, -0.1) is 0 Å². The van der Waals surface area contributed by atoms with Crippen LogP contribution in [0.4, 0.5) is 0 Å². The van der Waals surface area contributed by atoms with Crippen LogP contribution in [0.25, 0.3) is 71.9 Å². The topological polar surface area (TPSA) is 17.8 Å². The summed E-state index contributed by atoms with van der Waals surface area (Å²) in [5, 5.41) is 4.97. The van der Waals surface area contributed by atoms with Crippen LogP contribution < -0.4 is 0 Å². The Bertz CT molecular complexity index is 2190. The molecule has 0 fully saturated rings. The Hall–Kier alpha value is -4.99. The molecule has 0 bridgehead atoms. The molecule has 8 aromatic rings. The van der Waals surface area contributed by atoms with Gasteiger partial charge in [0.1, 0.15) is 5.82 Å². The summed E-state index contributed by atoms with van der Waals surface area (Å²) in [6.45, 7) is 0. The normalized spacial score (nSPS) is 11.5. The highest BCUT2D eigenvalue weighted by Gasteiger charge is 2.18. The minimum absolute atomic E-state index is 0.935. The third-order valence-electron chi connectivity index (χ3n) is 8.05. The molecular weight excluding hydrogens is 576 g/mol. The van der Waals surface area contributed by atoms with Crippen LogP contribution in [-0.4, -0.2) is 9.55 Å². The van der Waals surface area contributed by atoms with E-state index in [2.05, 4.69) is 172 Å². The van der Waals surface area contributed by atoms with E-state index in [0.717, 1.165) is 32.6 Å². The predicted molar refractivity (Wildman–Crippen MR) is 180 cm³/mol. The van der Waals surface area contributed by atoms with Crippen LogP contribution in [0.5, 0.6) is 0 Å². The molecule has 0 saturated carbocycles. The van der Waals surface area contributed by atoms with Gasteiger partial charge in [0.2, 0.25) is 0 Å². The second-order valence-electron chi connectivity index (χ2n) is 10.5. The van der Waals surface area contributed by atoms with E-state index in [1.807, 2.05) is 0 Å². The molecule has 0 spiro atoms. The maximum Gasteiger partial charge on any atom is 0.145 e. The van der Waals surface area contributed by atoms with E-state index in [4.69, 9.17) is 4.98 Å². The molecule has 7 aromatic carbocycles. The van der Waals surface area contributed by atoms with Crippen LogP contribution in [0.2, 0.25) is 0 Å². The summed E-state index contributed by atoms with van der Waals surface area (Å²) in [6.07, 6.45) is 0. The fourth-order valence-corrected chi connectivity index (χ4v) is 6.50. The molecule has 8 rings (SSSR count). The number of rotatable bonds is 4. The van der Waals surface area contributed by atoms with Gasteiger partial charge < -0.3 is 0 Å².